The first-order valence-electron chi connectivity index (χ1n) is 10.2. The van der Waals surface area contributed by atoms with E-state index in [0.717, 1.165) is 19.0 Å². The summed E-state index contributed by atoms with van der Waals surface area (Å²) in [6.07, 6.45) is 4.55. The number of unbranched alkanes of at least 4 members (excludes halogenated alkanes) is 1. The summed E-state index contributed by atoms with van der Waals surface area (Å²) in [4.78, 5) is 10.8. The van der Waals surface area contributed by atoms with Gasteiger partial charge in [-0.2, -0.15) is 0 Å². The van der Waals surface area contributed by atoms with Crippen LogP contribution in [0.15, 0.2) is 28.1 Å². The van der Waals surface area contributed by atoms with Gasteiger partial charge in [0.2, 0.25) is 0 Å². The Bertz CT molecular complexity index is 588. The second-order valence-corrected chi connectivity index (χ2v) is 8.00. The number of aryl methyl sites for hydroxylation is 1. The molecule has 0 unspecified atom stereocenters. The SMILES string of the molecule is CCN1CCN(CCCCNC(=NC)NCc2ccc(C)cc2SC)CC1.I. The van der Waals surface area contributed by atoms with Gasteiger partial charge in [-0.3, -0.25) is 4.99 Å². The van der Waals surface area contributed by atoms with E-state index >= 15 is 0 Å². The summed E-state index contributed by atoms with van der Waals surface area (Å²) in [6, 6.07) is 6.63. The third-order valence-corrected chi connectivity index (χ3v) is 6.04. The van der Waals surface area contributed by atoms with Crippen LogP contribution >= 0.6 is 35.7 Å². The lowest BCUT2D eigenvalue weighted by molar-refractivity contribution is 0.136. The quantitative estimate of drug-likeness (QED) is 0.172. The molecule has 1 fully saturated rings. The molecule has 1 aromatic carbocycles. The fraction of sp³-hybridized carbons (Fsp3) is 0.667. The summed E-state index contributed by atoms with van der Waals surface area (Å²) >= 11 is 1.80. The second-order valence-electron chi connectivity index (χ2n) is 7.15. The summed E-state index contributed by atoms with van der Waals surface area (Å²) < 4.78 is 0. The molecule has 7 heteroatoms. The molecular weight excluding hydrogens is 481 g/mol. The number of aliphatic imine (C=N–C) groups is 1. The molecule has 28 heavy (non-hydrogen) atoms. The van der Waals surface area contributed by atoms with Gasteiger partial charge < -0.3 is 20.4 Å². The molecule has 2 N–H and O–H groups in total. The van der Waals surface area contributed by atoms with E-state index in [9.17, 15) is 0 Å². The van der Waals surface area contributed by atoms with Crippen LogP contribution in [0.5, 0.6) is 0 Å². The maximum absolute atomic E-state index is 4.35. The van der Waals surface area contributed by atoms with Crippen LogP contribution in [0.1, 0.15) is 30.9 Å². The van der Waals surface area contributed by atoms with Crippen LogP contribution in [-0.2, 0) is 6.54 Å². The fourth-order valence-electron chi connectivity index (χ4n) is 3.39. The van der Waals surface area contributed by atoms with Crippen molar-refractivity contribution in [2.45, 2.75) is 38.1 Å². The van der Waals surface area contributed by atoms with Gasteiger partial charge in [-0.25, -0.2) is 0 Å². The molecule has 0 atom stereocenters. The number of piperazine rings is 1. The summed E-state index contributed by atoms with van der Waals surface area (Å²) in [5.41, 5.74) is 2.63. The van der Waals surface area contributed by atoms with Gasteiger partial charge in [0.25, 0.3) is 0 Å². The number of hydrogen-bond acceptors (Lipinski definition) is 4. The Balaban J connectivity index is 0.00000392. The first kappa shape index (κ1) is 25.5. The first-order chi connectivity index (χ1) is 13.2. The second kappa shape index (κ2) is 14.5. The highest BCUT2D eigenvalue weighted by molar-refractivity contribution is 14.0. The van der Waals surface area contributed by atoms with Gasteiger partial charge in [0.15, 0.2) is 5.96 Å². The van der Waals surface area contributed by atoms with Crippen molar-refractivity contribution in [3.63, 3.8) is 0 Å². The zero-order valence-electron chi connectivity index (χ0n) is 18.0. The number of thioether (sulfide) groups is 1. The number of hydrogen-bond donors (Lipinski definition) is 2. The van der Waals surface area contributed by atoms with Crippen molar-refractivity contribution in [1.82, 2.24) is 20.4 Å². The predicted molar refractivity (Wildman–Crippen MR) is 134 cm³/mol. The van der Waals surface area contributed by atoms with Crippen LogP contribution in [0.2, 0.25) is 0 Å². The van der Waals surface area contributed by atoms with Gasteiger partial charge in [-0.15, -0.1) is 35.7 Å². The summed E-state index contributed by atoms with van der Waals surface area (Å²) in [5, 5.41) is 6.89. The third kappa shape index (κ3) is 8.88. The zero-order chi connectivity index (χ0) is 19.5. The fourth-order valence-corrected chi connectivity index (χ4v) is 4.10. The molecular formula is C21H38IN5S. The number of rotatable bonds is 9. The number of likely N-dealkylation sites (N-methyl/N-ethyl adjacent to an activating group) is 1. The van der Waals surface area contributed by atoms with Gasteiger partial charge in [-0.1, -0.05) is 19.1 Å². The van der Waals surface area contributed by atoms with Gasteiger partial charge in [-0.05, 0) is 56.3 Å². The van der Waals surface area contributed by atoms with Crippen LogP contribution < -0.4 is 10.6 Å². The molecule has 1 saturated heterocycles. The van der Waals surface area contributed by atoms with E-state index in [1.807, 2.05) is 7.05 Å². The van der Waals surface area contributed by atoms with Gasteiger partial charge in [0.1, 0.15) is 0 Å². The van der Waals surface area contributed by atoms with Crippen LogP contribution in [0, 0.1) is 6.92 Å². The Labute approximate surface area is 193 Å². The van der Waals surface area contributed by atoms with Gasteiger partial charge >= 0.3 is 0 Å². The zero-order valence-corrected chi connectivity index (χ0v) is 21.1. The van der Waals surface area contributed by atoms with E-state index in [1.54, 1.807) is 11.8 Å². The van der Waals surface area contributed by atoms with E-state index < -0.39 is 0 Å². The summed E-state index contributed by atoms with van der Waals surface area (Å²) in [5.74, 6) is 0.888. The van der Waals surface area contributed by atoms with Crippen molar-refractivity contribution in [3.05, 3.63) is 29.3 Å². The van der Waals surface area contributed by atoms with E-state index in [0.29, 0.717) is 0 Å². The monoisotopic (exact) mass is 519 g/mol. The Morgan fingerprint density at radius 2 is 1.82 bits per heavy atom. The Morgan fingerprint density at radius 3 is 2.46 bits per heavy atom. The minimum atomic E-state index is 0. The normalized spacial score (nSPS) is 15.9. The minimum absolute atomic E-state index is 0. The van der Waals surface area contributed by atoms with E-state index in [2.05, 4.69) is 63.7 Å². The predicted octanol–water partition coefficient (Wildman–Crippen LogP) is 3.42. The Hall–Kier alpha value is -0.510. The molecule has 0 saturated carbocycles. The number of halogens is 1. The molecule has 0 bridgehead atoms. The number of benzene rings is 1. The third-order valence-electron chi connectivity index (χ3n) is 5.22. The highest BCUT2D eigenvalue weighted by atomic mass is 127. The molecule has 1 heterocycles. The Morgan fingerprint density at radius 1 is 1.11 bits per heavy atom. The number of nitrogens with one attached hydrogen (secondary N) is 2. The van der Waals surface area contributed by atoms with Crippen LogP contribution in [0.25, 0.3) is 0 Å². The molecule has 1 aliphatic heterocycles. The average molecular weight is 520 g/mol. The molecule has 0 aliphatic carbocycles. The smallest absolute Gasteiger partial charge is 0.191 e. The maximum Gasteiger partial charge on any atom is 0.191 e. The highest BCUT2D eigenvalue weighted by Crippen LogP contribution is 2.21. The van der Waals surface area contributed by atoms with E-state index in [4.69, 9.17) is 0 Å². The standard InChI is InChI=1S/C21H37N5S.HI/c1-5-25-12-14-26(15-13-25)11-7-6-10-23-21(22-3)24-17-19-9-8-18(2)16-20(19)27-4;/h8-9,16H,5-7,10-15,17H2,1-4H3,(H2,22,23,24);1H. The molecule has 2 rings (SSSR count). The lowest BCUT2D eigenvalue weighted by atomic mass is 10.1. The van der Waals surface area contributed by atoms with Crippen molar-refractivity contribution in [1.29, 1.82) is 0 Å². The maximum atomic E-state index is 4.35. The molecule has 0 radical (unpaired) electrons. The number of guanidine groups is 1. The minimum Gasteiger partial charge on any atom is -0.356 e. The highest BCUT2D eigenvalue weighted by Gasteiger charge is 2.14. The summed E-state index contributed by atoms with van der Waals surface area (Å²) in [7, 11) is 1.84. The van der Waals surface area contributed by atoms with E-state index in [1.165, 1.54) is 68.1 Å². The number of nitrogens with zero attached hydrogens (tertiary/aromatic N) is 3. The Kier molecular flexibility index (Phi) is 13.2. The lowest BCUT2D eigenvalue weighted by Gasteiger charge is -2.34. The topological polar surface area (TPSA) is 42.9 Å². The molecule has 0 amide bonds. The molecule has 0 spiro atoms. The molecule has 1 aromatic rings. The van der Waals surface area contributed by atoms with Crippen molar-refractivity contribution >= 4 is 41.7 Å². The van der Waals surface area contributed by atoms with Crippen molar-refractivity contribution in [2.75, 3.05) is 59.1 Å². The van der Waals surface area contributed by atoms with Gasteiger partial charge in [0.05, 0.1) is 0 Å². The molecule has 1 aliphatic rings. The molecule has 5 nitrogen and oxygen atoms in total. The largest absolute Gasteiger partial charge is 0.356 e. The lowest BCUT2D eigenvalue weighted by Crippen LogP contribution is -2.46. The first-order valence-corrected chi connectivity index (χ1v) is 11.4. The van der Waals surface area contributed by atoms with Gasteiger partial charge in [0, 0.05) is 51.2 Å². The van der Waals surface area contributed by atoms with Crippen molar-refractivity contribution < 1.29 is 0 Å². The van der Waals surface area contributed by atoms with E-state index in [-0.39, 0.29) is 24.0 Å². The van der Waals surface area contributed by atoms with Crippen LogP contribution in [-0.4, -0.2) is 74.9 Å². The van der Waals surface area contributed by atoms with Crippen molar-refractivity contribution in [3.8, 4) is 0 Å². The summed E-state index contributed by atoms with van der Waals surface area (Å²) in [6.45, 7) is 13.5. The van der Waals surface area contributed by atoms with Crippen molar-refractivity contribution in [2.24, 2.45) is 4.99 Å². The van der Waals surface area contributed by atoms with Crippen LogP contribution in [0.3, 0.4) is 0 Å². The van der Waals surface area contributed by atoms with Crippen LogP contribution in [0.4, 0.5) is 0 Å². The molecule has 0 aromatic heterocycles. The molecule has 160 valence electrons. The average Bonchev–Trinajstić information content (AvgIpc) is 2.71.